The summed E-state index contributed by atoms with van der Waals surface area (Å²) in [6.07, 6.45) is 6.55. The Morgan fingerprint density at radius 3 is 3.05 bits per heavy atom. The zero-order chi connectivity index (χ0) is 14.7. The zero-order valence-electron chi connectivity index (χ0n) is 12.2. The van der Waals surface area contributed by atoms with Crippen molar-refractivity contribution in [2.24, 2.45) is 11.8 Å². The van der Waals surface area contributed by atoms with Gasteiger partial charge in [-0.05, 0) is 53.3 Å². The number of benzene rings is 1. The first-order valence-electron chi connectivity index (χ1n) is 7.49. The second-order valence-electron chi connectivity index (χ2n) is 5.94. The zero-order valence-corrected chi connectivity index (χ0v) is 12.2. The van der Waals surface area contributed by atoms with Crippen LogP contribution < -0.4 is 5.32 Å². The van der Waals surface area contributed by atoms with E-state index < -0.39 is 0 Å². The van der Waals surface area contributed by atoms with Gasteiger partial charge in [-0.25, -0.2) is 9.07 Å². The number of hydrogen-bond acceptors (Lipinski definition) is 4. The van der Waals surface area contributed by atoms with Crippen molar-refractivity contribution in [1.82, 2.24) is 20.2 Å². The maximum absolute atomic E-state index is 13.9. The second kappa shape index (κ2) is 6.20. The first kappa shape index (κ1) is 14.0. The van der Waals surface area contributed by atoms with E-state index >= 15 is 0 Å². The molecule has 0 radical (unpaired) electrons. The lowest BCUT2D eigenvalue weighted by atomic mass is 9.82. The van der Waals surface area contributed by atoms with Gasteiger partial charge in [0.2, 0.25) is 0 Å². The molecule has 2 aromatic rings. The third-order valence-electron chi connectivity index (χ3n) is 4.19. The summed E-state index contributed by atoms with van der Waals surface area (Å²) in [5.74, 6) is 1.17. The standard InChI is InChI=1S/C15H20FN5/c1-11-3-2-4-12(7-11)9-17-15-8-13(5-6-14(15)16)21-10-18-19-20-21/h5-6,8,10-12,17H,2-4,7,9H2,1H3. The summed E-state index contributed by atoms with van der Waals surface area (Å²) in [4.78, 5) is 0. The average molecular weight is 289 g/mol. The van der Waals surface area contributed by atoms with Crippen molar-refractivity contribution in [3.8, 4) is 5.69 Å². The molecular formula is C15H20FN5. The van der Waals surface area contributed by atoms with Crippen molar-refractivity contribution < 1.29 is 4.39 Å². The fraction of sp³-hybridized carbons (Fsp3) is 0.533. The molecule has 2 unspecified atom stereocenters. The summed E-state index contributed by atoms with van der Waals surface area (Å²) in [5.41, 5.74) is 1.27. The van der Waals surface area contributed by atoms with Crippen LogP contribution in [0.5, 0.6) is 0 Å². The number of hydrogen-bond donors (Lipinski definition) is 1. The van der Waals surface area contributed by atoms with E-state index in [-0.39, 0.29) is 5.82 Å². The van der Waals surface area contributed by atoms with E-state index in [4.69, 9.17) is 0 Å². The maximum Gasteiger partial charge on any atom is 0.146 e. The number of halogens is 1. The fourth-order valence-corrected chi connectivity index (χ4v) is 3.07. The molecule has 0 spiro atoms. The molecule has 6 heteroatoms. The third kappa shape index (κ3) is 3.37. The smallest absolute Gasteiger partial charge is 0.146 e. The second-order valence-corrected chi connectivity index (χ2v) is 5.94. The maximum atomic E-state index is 13.9. The minimum Gasteiger partial charge on any atom is -0.382 e. The van der Waals surface area contributed by atoms with Gasteiger partial charge >= 0.3 is 0 Å². The van der Waals surface area contributed by atoms with Crippen LogP contribution in [0.15, 0.2) is 24.5 Å². The van der Waals surface area contributed by atoms with Gasteiger partial charge in [0.15, 0.2) is 0 Å². The highest BCUT2D eigenvalue weighted by Crippen LogP contribution is 2.29. The predicted octanol–water partition coefficient (Wildman–Crippen LogP) is 3.04. The molecule has 112 valence electrons. The molecule has 1 aromatic heterocycles. The Bertz CT molecular complexity index is 584. The summed E-state index contributed by atoms with van der Waals surface area (Å²) in [6.45, 7) is 3.12. The van der Waals surface area contributed by atoms with Crippen molar-refractivity contribution in [2.75, 3.05) is 11.9 Å². The van der Waals surface area contributed by atoms with Crippen molar-refractivity contribution >= 4 is 5.69 Å². The monoisotopic (exact) mass is 289 g/mol. The van der Waals surface area contributed by atoms with Gasteiger partial charge in [-0.2, -0.15) is 0 Å². The van der Waals surface area contributed by atoms with Gasteiger partial charge in [-0.1, -0.05) is 19.8 Å². The highest BCUT2D eigenvalue weighted by Gasteiger charge is 2.19. The molecule has 21 heavy (non-hydrogen) atoms. The van der Waals surface area contributed by atoms with Gasteiger partial charge in [-0.3, -0.25) is 0 Å². The number of nitrogens with zero attached hydrogens (tertiary/aromatic N) is 4. The third-order valence-corrected chi connectivity index (χ3v) is 4.19. The summed E-state index contributed by atoms with van der Waals surface area (Å²) in [5, 5.41) is 14.3. The molecule has 1 aromatic carbocycles. The van der Waals surface area contributed by atoms with Gasteiger partial charge in [-0.15, -0.1) is 5.10 Å². The molecule has 1 aliphatic carbocycles. The van der Waals surface area contributed by atoms with Crippen molar-refractivity contribution in [3.63, 3.8) is 0 Å². The van der Waals surface area contributed by atoms with Crippen LogP contribution in [0.2, 0.25) is 0 Å². The Labute approximate surface area is 123 Å². The normalized spacial score (nSPS) is 22.2. The summed E-state index contributed by atoms with van der Waals surface area (Å²) in [6, 6.07) is 4.86. The first-order chi connectivity index (χ1) is 10.2. The Balaban J connectivity index is 1.68. The molecule has 1 heterocycles. The molecule has 1 fully saturated rings. The molecule has 1 saturated carbocycles. The van der Waals surface area contributed by atoms with Crippen molar-refractivity contribution in [3.05, 3.63) is 30.3 Å². The number of nitrogens with one attached hydrogen (secondary N) is 1. The minimum atomic E-state index is -0.240. The number of tetrazole rings is 1. The van der Waals surface area contributed by atoms with Gasteiger partial charge < -0.3 is 5.32 Å². The van der Waals surface area contributed by atoms with Crippen LogP contribution in [-0.2, 0) is 0 Å². The van der Waals surface area contributed by atoms with Crippen LogP contribution >= 0.6 is 0 Å². The van der Waals surface area contributed by atoms with Crippen LogP contribution in [0, 0.1) is 17.7 Å². The van der Waals surface area contributed by atoms with Gasteiger partial charge in [0.25, 0.3) is 0 Å². The minimum absolute atomic E-state index is 0.240. The van der Waals surface area contributed by atoms with Crippen molar-refractivity contribution in [1.29, 1.82) is 0 Å². The molecule has 0 aliphatic heterocycles. The van der Waals surface area contributed by atoms with E-state index in [0.717, 1.165) is 18.2 Å². The molecule has 2 atom stereocenters. The Morgan fingerprint density at radius 2 is 2.29 bits per heavy atom. The molecule has 0 amide bonds. The van der Waals surface area contributed by atoms with Crippen LogP contribution in [0.1, 0.15) is 32.6 Å². The van der Waals surface area contributed by atoms with Crippen LogP contribution in [0.4, 0.5) is 10.1 Å². The lowest BCUT2D eigenvalue weighted by molar-refractivity contribution is 0.293. The van der Waals surface area contributed by atoms with Gasteiger partial charge in [0.1, 0.15) is 12.1 Å². The van der Waals surface area contributed by atoms with E-state index in [2.05, 4.69) is 27.8 Å². The van der Waals surface area contributed by atoms with E-state index in [1.807, 2.05) is 0 Å². The van der Waals surface area contributed by atoms with E-state index in [1.54, 1.807) is 12.1 Å². The summed E-state index contributed by atoms with van der Waals surface area (Å²) < 4.78 is 15.4. The van der Waals surface area contributed by atoms with Crippen LogP contribution in [0.25, 0.3) is 5.69 Å². The van der Waals surface area contributed by atoms with Gasteiger partial charge in [0.05, 0.1) is 11.4 Å². The predicted molar refractivity (Wildman–Crippen MR) is 78.7 cm³/mol. The largest absolute Gasteiger partial charge is 0.382 e. The summed E-state index contributed by atoms with van der Waals surface area (Å²) in [7, 11) is 0. The molecule has 5 nitrogen and oxygen atoms in total. The number of rotatable bonds is 4. The SMILES string of the molecule is CC1CCCC(CNc2cc(-n3cnnn3)ccc2F)C1. The van der Waals surface area contributed by atoms with E-state index in [9.17, 15) is 4.39 Å². The Hall–Kier alpha value is -1.98. The van der Waals surface area contributed by atoms with Crippen LogP contribution in [-0.4, -0.2) is 26.8 Å². The topological polar surface area (TPSA) is 55.6 Å². The molecule has 0 bridgehead atoms. The molecule has 1 aliphatic rings. The highest BCUT2D eigenvalue weighted by atomic mass is 19.1. The van der Waals surface area contributed by atoms with E-state index in [1.165, 1.54) is 42.8 Å². The fourth-order valence-electron chi connectivity index (χ4n) is 3.07. The van der Waals surface area contributed by atoms with Gasteiger partial charge in [0, 0.05) is 6.54 Å². The molecular weight excluding hydrogens is 269 g/mol. The number of anilines is 1. The molecule has 1 N–H and O–H groups in total. The quantitative estimate of drug-likeness (QED) is 0.940. The summed E-state index contributed by atoms with van der Waals surface area (Å²) >= 11 is 0. The highest BCUT2D eigenvalue weighted by molar-refractivity contribution is 5.52. The molecule has 3 rings (SSSR count). The lowest BCUT2D eigenvalue weighted by Gasteiger charge is -2.27. The molecule has 0 saturated heterocycles. The number of aromatic nitrogens is 4. The van der Waals surface area contributed by atoms with Crippen molar-refractivity contribution in [2.45, 2.75) is 32.6 Å². The van der Waals surface area contributed by atoms with E-state index in [0.29, 0.717) is 11.6 Å². The lowest BCUT2D eigenvalue weighted by Crippen LogP contribution is -2.21. The Kier molecular flexibility index (Phi) is 4.13. The average Bonchev–Trinajstić information content (AvgIpc) is 3.01. The first-order valence-corrected chi connectivity index (χ1v) is 7.49. The van der Waals surface area contributed by atoms with Crippen LogP contribution in [0.3, 0.4) is 0 Å². The Morgan fingerprint density at radius 1 is 1.38 bits per heavy atom.